The molecule has 1 aromatic rings. The summed E-state index contributed by atoms with van der Waals surface area (Å²) in [5.74, 6) is -2.51. The predicted molar refractivity (Wildman–Crippen MR) is 70.9 cm³/mol. The molecule has 20 heavy (non-hydrogen) atoms. The van der Waals surface area contributed by atoms with Gasteiger partial charge in [0, 0.05) is 0 Å². The summed E-state index contributed by atoms with van der Waals surface area (Å²) in [5, 5.41) is 11.4. The van der Waals surface area contributed by atoms with Crippen molar-refractivity contribution in [2.75, 3.05) is 6.61 Å². The number of carboxylic acid groups (broad SMARTS) is 1. The number of rotatable bonds is 7. The van der Waals surface area contributed by atoms with Crippen molar-refractivity contribution in [3.8, 4) is 5.75 Å². The van der Waals surface area contributed by atoms with Crippen LogP contribution in [0.2, 0.25) is 0 Å². The third-order valence-electron chi connectivity index (χ3n) is 2.99. The Morgan fingerprint density at radius 3 is 2.60 bits per heavy atom. The molecule has 0 aliphatic rings. The van der Waals surface area contributed by atoms with Gasteiger partial charge in [0.2, 0.25) is 0 Å². The van der Waals surface area contributed by atoms with Gasteiger partial charge in [-0.05, 0) is 18.1 Å². The molecule has 2 atom stereocenters. The summed E-state index contributed by atoms with van der Waals surface area (Å²) in [4.78, 5) is 22.7. The lowest BCUT2D eigenvalue weighted by atomic mass is 9.99. The molecular formula is C14H18FNO4. The summed E-state index contributed by atoms with van der Waals surface area (Å²) >= 11 is 0. The number of amides is 1. The minimum absolute atomic E-state index is 0.0435. The van der Waals surface area contributed by atoms with E-state index in [4.69, 9.17) is 9.84 Å². The van der Waals surface area contributed by atoms with Gasteiger partial charge in [-0.2, -0.15) is 0 Å². The highest BCUT2D eigenvalue weighted by Crippen LogP contribution is 2.15. The average Bonchev–Trinajstić information content (AvgIpc) is 2.42. The monoisotopic (exact) mass is 283 g/mol. The van der Waals surface area contributed by atoms with Crippen LogP contribution in [-0.4, -0.2) is 29.6 Å². The van der Waals surface area contributed by atoms with Crippen molar-refractivity contribution in [3.63, 3.8) is 0 Å². The van der Waals surface area contributed by atoms with Crippen molar-refractivity contribution in [1.82, 2.24) is 5.32 Å². The van der Waals surface area contributed by atoms with Gasteiger partial charge in [0.1, 0.15) is 6.04 Å². The van der Waals surface area contributed by atoms with Crippen LogP contribution >= 0.6 is 0 Å². The number of benzene rings is 1. The fraction of sp³-hybridized carbons (Fsp3) is 0.429. The summed E-state index contributed by atoms with van der Waals surface area (Å²) in [6.45, 7) is 3.14. The summed E-state index contributed by atoms with van der Waals surface area (Å²) in [6.07, 6.45) is 0.616. The van der Waals surface area contributed by atoms with Crippen LogP contribution in [0.1, 0.15) is 20.3 Å². The standard InChI is InChI=1S/C14H18FNO4/c1-3-9(2)13(14(18)19)16-12(17)8-20-11-7-5-4-6-10(11)15/h4-7,9,13H,3,8H2,1-2H3,(H,16,17)(H,18,19)/t9-,13-/m0/s1. The predicted octanol–water partition coefficient (Wildman–Crippen LogP) is 1.82. The second kappa shape index (κ2) is 7.47. The Morgan fingerprint density at radius 1 is 1.40 bits per heavy atom. The van der Waals surface area contributed by atoms with Crippen LogP contribution in [0.15, 0.2) is 24.3 Å². The summed E-state index contributed by atoms with van der Waals surface area (Å²) in [6, 6.07) is 4.72. The molecule has 1 rings (SSSR count). The van der Waals surface area contributed by atoms with E-state index in [2.05, 4.69) is 5.32 Å². The molecule has 0 aliphatic heterocycles. The zero-order valence-electron chi connectivity index (χ0n) is 11.4. The maximum atomic E-state index is 13.3. The fourth-order valence-corrected chi connectivity index (χ4v) is 1.60. The molecule has 6 heteroatoms. The number of hydrogen-bond donors (Lipinski definition) is 2. The highest BCUT2D eigenvalue weighted by Gasteiger charge is 2.25. The van der Waals surface area contributed by atoms with Crippen LogP contribution in [0.3, 0.4) is 0 Å². The number of carboxylic acids is 1. The van der Waals surface area contributed by atoms with E-state index < -0.39 is 30.3 Å². The number of hydrogen-bond acceptors (Lipinski definition) is 3. The Kier molecular flexibility index (Phi) is 5.96. The fourth-order valence-electron chi connectivity index (χ4n) is 1.60. The van der Waals surface area contributed by atoms with Crippen molar-refractivity contribution in [1.29, 1.82) is 0 Å². The maximum Gasteiger partial charge on any atom is 0.326 e. The lowest BCUT2D eigenvalue weighted by Gasteiger charge is -2.20. The van der Waals surface area contributed by atoms with Crippen LogP contribution in [-0.2, 0) is 9.59 Å². The van der Waals surface area contributed by atoms with E-state index in [9.17, 15) is 14.0 Å². The largest absolute Gasteiger partial charge is 0.481 e. The van der Waals surface area contributed by atoms with E-state index in [1.165, 1.54) is 18.2 Å². The normalized spacial score (nSPS) is 13.3. The van der Waals surface area contributed by atoms with Crippen molar-refractivity contribution < 1.29 is 23.8 Å². The Morgan fingerprint density at radius 2 is 2.05 bits per heavy atom. The van der Waals surface area contributed by atoms with Gasteiger partial charge in [0.15, 0.2) is 18.2 Å². The van der Waals surface area contributed by atoms with Gasteiger partial charge in [-0.15, -0.1) is 0 Å². The number of carbonyl (C=O) groups is 2. The third kappa shape index (κ3) is 4.53. The number of aliphatic carboxylic acids is 1. The molecule has 0 fully saturated rings. The summed E-state index contributed by atoms with van der Waals surface area (Å²) < 4.78 is 18.3. The lowest BCUT2D eigenvalue weighted by molar-refractivity contribution is -0.143. The number of nitrogens with one attached hydrogen (secondary N) is 1. The van der Waals surface area contributed by atoms with E-state index in [-0.39, 0.29) is 11.7 Å². The van der Waals surface area contributed by atoms with Crippen molar-refractivity contribution in [2.45, 2.75) is 26.3 Å². The molecule has 0 unspecified atom stereocenters. The molecule has 0 saturated carbocycles. The second-order valence-corrected chi connectivity index (χ2v) is 4.49. The topological polar surface area (TPSA) is 75.6 Å². The van der Waals surface area contributed by atoms with Crippen molar-refractivity contribution in [2.24, 2.45) is 5.92 Å². The highest BCUT2D eigenvalue weighted by molar-refractivity contribution is 5.84. The zero-order chi connectivity index (χ0) is 15.1. The molecule has 0 aliphatic carbocycles. The first-order valence-corrected chi connectivity index (χ1v) is 6.35. The van der Waals surface area contributed by atoms with Crippen LogP contribution in [0, 0.1) is 11.7 Å². The molecule has 5 nitrogen and oxygen atoms in total. The zero-order valence-corrected chi connectivity index (χ0v) is 11.4. The molecule has 0 heterocycles. The highest BCUT2D eigenvalue weighted by atomic mass is 19.1. The maximum absolute atomic E-state index is 13.3. The van der Waals surface area contributed by atoms with Crippen LogP contribution in [0.4, 0.5) is 4.39 Å². The van der Waals surface area contributed by atoms with E-state index >= 15 is 0 Å². The van der Waals surface area contributed by atoms with Gasteiger partial charge < -0.3 is 15.2 Å². The SMILES string of the molecule is CC[C@H](C)[C@H](NC(=O)COc1ccccc1F)C(=O)O. The smallest absolute Gasteiger partial charge is 0.326 e. The van der Waals surface area contributed by atoms with Gasteiger partial charge in [0.25, 0.3) is 5.91 Å². The minimum Gasteiger partial charge on any atom is -0.481 e. The number of halogens is 1. The molecule has 0 radical (unpaired) electrons. The summed E-state index contributed by atoms with van der Waals surface area (Å²) in [5.41, 5.74) is 0. The second-order valence-electron chi connectivity index (χ2n) is 4.49. The quantitative estimate of drug-likeness (QED) is 0.800. The van der Waals surface area contributed by atoms with E-state index in [0.29, 0.717) is 6.42 Å². The van der Waals surface area contributed by atoms with Gasteiger partial charge >= 0.3 is 5.97 Å². The van der Waals surface area contributed by atoms with Gasteiger partial charge in [0.05, 0.1) is 0 Å². The Balaban J connectivity index is 2.55. The first-order chi connectivity index (χ1) is 9.45. The molecule has 0 saturated heterocycles. The first-order valence-electron chi connectivity index (χ1n) is 6.35. The number of carbonyl (C=O) groups excluding carboxylic acids is 1. The number of para-hydroxylation sites is 1. The number of ether oxygens (including phenoxy) is 1. The average molecular weight is 283 g/mol. The van der Waals surface area contributed by atoms with E-state index in [1.807, 2.05) is 6.92 Å². The molecular weight excluding hydrogens is 265 g/mol. The molecule has 1 aromatic carbocycles. The molecule has 1 amide bonds. The molecule has 0 aromatic heterocycles. The third-order valence-corrected chi connectivity index (χ3v) is 2.99. The molecule has 0 bridgehead atoms. The summed E-state index contributed by atoms with van der Waals surface area (Å²) in [7, 11) is 0. The minimum atomic E-state index is -1.10. The van der Waals surface area contributed by atoms with Gasteiger partial charge in [-0.1, -0.05) is 32.4 Å². The lowest BCUT2D eigenvalue weighted by Crippen LogP contribution is -2.46. The van der Waals surface area contributed by atoms with Crippen LogP contribution < -0.4 is 10.1 Å². The Labute approximate surface area is 116 Å². The first kappa shape index (κ1) is 15.9. The van der Waals surface area contributed by atoms with Crippen LogP contribution in [0.5, 0.6) is 5.75 Å². The van der Waals surface area contributed by atoms with Gasteiger partial charge in [-0.3, -0.25) is 4.79 Å². The molecule has 0 spiro atoms. The van der Waals surface area contributed by atoms with Crippen LogP contribution in [0.25, 0.3) is 0 Å². The van der Waals surface area contributed by atoms with E-state index in [1.54, 1.807) is 13.0 Å². The van der Waals surface area contributed by atoms with E-state index in [0.717, 1.165) is 0 Å². The van der Waals surface area contributed by atoms with Crippen molar-refractivity contribution in [3.05, 3.63) is 30.1 Å². The molecule has 110 valence electrons. The molecule has 2 N–H and O–H groups in total. The van der Waals surface area contributed by atoms with Gasteiger partial charge in [-0.25, -0.2) is 9.18 Å². The Bertz CT molecular complexity index is 478. The van der Waals surface area contributed by atoms with Crippen molar-refractivity contribution >= 4 is 11.9 Å². The Hall–Kier alpha value is -2.11.